The molecule has 0 N–H and O–H groups in total. The highest BCUT2D eigenvalue weighted by Crippen LogP contribution is 2.64. The fourth-order valence-electron chi connectivity index (χ4n) is 10.7. The van der Waals surface area contributed by atoms with E-state index in [2.05, 4.69) is 230 Å². The third-order valence-corrected chi connectivity index (χ3v) is 13.4. The molecule has 2 aliphatic rings. The predicted octanol–water partition coefficient (Wildman–Crippen LogP) is 16.9. The summed E-state index contributed by atoms with van der Waals surface area (Å²) < 4.78 is 6.97. The molecule has 2 aliphatic carbocycles. The molecule has 1 spiro atoms. The lowest BCUT2D eigenvalue weighted by Gasteiger charge is -2.30. The van der Waals surface area contributed by atoms with Crippen molar-refractivity contribution >= 4 is 44.6 Å². The molecule has 2 nitrogen and oxygen atoms in total. The largest absolute Gasteiger partial charge is 0.455 e. The number of fused-ring (bicyclic) bond motifs is 14. The predicted molar refractivity (Wildman–Crippen MR) is 269 cm³/mol. The minimum absolute atomic E-state index is 0.407. The average molecular weight is 818 g/mol. The molecular formula is C62H43NO. The van der Waals surface area contributed by atoms with E-state index < -0.39 is 5.41 Å². The van der Waals surface area contributed by atoms with Crippen LogP contribution >= 0.6 is 0 Å². The summed E-state index contributed by atoms with van der Waals surface area (Å²) in [5, 5.41) is 2.30. The minimum Gasteiger partial charge on any atom is -0.455 e. The molecule has 0 atom stereocenters. The summed E-state index contributed by atoms with van der Waals surface area (Å²) in [4.78, 5) is 2.33. The van der Waals surface area contributed by atoms with E-state index in [-0.39, 0.29) is 0 Å². The van der Waals surface area contributed by atoms with Gasteiger partial charge in [-0.3, -0.25) is 0 Å². The Balaban J connectivity index is 0.979. The summed E-state index contributed by atoms with van der Waals surface area (Å²) in [6, 6.07) is 75.2. The molecule has 64 heavy (non-hydrogen) atoms. The van der Waals surface area contributed by atoms with Gasteiger partial charge in [-0.2, -0.15) is 0 Å². The molecule has 0 bridgehead atoms. The van der Waals surface area contributed by atoms with Crippen molar-refractivity contribution in [3.8, 4) is 44.5 Å². The van der Waals surface area contributed by atoms with Crippen LogP contribution in [0.4, 0.5) is 17.1 Å². The number of hydrogen-bond acceptors (Lipinski definition) is 2. The van der Waals surface area contributed by atoms with Gasteiger partial charge in [0.25, 0.3) is 0 Å². The van der Waals surface area contributed by atoms with Gasteiger partial charge in [0.1, 0.15) is 11.2 Å². The Morgan fingerprint density at radius 1 is 0.484 bits per heavy atom. The van der Waals surface area contributed by atoms with Crippen LogP contribution in [0, 0.1) is 0 Å². The Kier molecular flexibility index (Phi) is 8.81. The molecule has 0 unspecified atom stereocenters. The molecule has 1 aromatic heterocycles. The van der Waals surface area contributed by atoms with Crippen molar-refractivity contribution in [2.24, 2.45) is 0 Å². The van der Waals surface area contributed by atoms with Crippen molar-refractivity contribution in [2.75, 3.05) is 4.90 Å². The Morgan fingerprint density at radius 2 is 1.02 bits per heavy atom. The molecule has 9 aromatic carbocycles. The maximum absolute atomic E-state index is 6.97. The van der Waals surface area contributed by atoms with Crippen LogP contribution in [0.25, 0.3) is 72.0 Å². The SMILES string of the molecule is C=C/C=C(\C=C/C)c1ccc(N(c2ccc(-c3ccccc3)cc2)c2ccc(-c3cccc4c3oc3ccc5c(c34)-c3ccccc3C53c4ccccc4-c4ccccc43)cc2)cc1. The van der Waals surface area contributed by atoms with Crippen molar-refractivity contribution in [2.45, 2.75) is 12.3 Å². The van der Waals surface area contributed by atoms with E-state index in [9.17, 15) is 0 Å². The summed E-state index contributed by atoms with van der Waals surface area (Å²) in [5.41, 5.74) is 21.9. The number of furan rings is 1. The van der Waals surface area contributed by atoms with E-state index in [1.807, 2.05) is 19.1 Å². The lowest BCUT2D eigenvalue weighted by Crippen LogP contribution is -2.25. The van der Waals surface area contributed by atoms with Crippen LogP contribution in [-0.4, -0.2) is 0 Å². The Morgan fingerprint density at radius 3 is 1.64 bits per heavy atom. The van der Waals surface area contributed by atoms with E-state index in [0.717, 1.165) is 55.9 Å². The van der Waals surface area contributed by atoms with E-state index >= 15 is 0 Å². The summed E-state index contributed by atoms with van der Waals surface area (Å²) in [7, 11) is 0. The normalized spacial score (nSPS) is 13.3. The second kappa shape index (κ2) is 15.0. The number of para-hydroxylation sites is 1. The van der Waals surface area contributed by atoms with Crippen molar-refractivity contribution in [1.82, 2.24) is 0 Å². The van der Waals surface area contributed by atoms with Crippen LogP contribution in [0.2, 0.25) is 0 Å². The molecule has 2 heteroatoms. The maximum Gasteiger partial charge on any atom is 0.143 e. The quantitative estimate of drug-likeness (QED) is 0.142. The first kappa shape index (κ1) is 37.6. The van der Waals surface area contributed by atoms with Crippen LogP contribution in [0.5, 0.6) is 0 Å². The van der Waals surface area contributed by atoms with Crippen LogP contribution in [-0.2, 0) is 5.41 Å². The zero-order chi connectivity index (χ0) is 42.8. The molecule has 0 amide bonds. The van der Waals surface area contributed by atoms with Gasteiger partial charge in [-0.25, -0.2) is 0 Å². The molecule has 1 heterocycles. The van der Waals surface area contributed by atoms with Gasteiger partial charge < -0.3 is 9.32 Å². The van der Waals surface area contributed by atoms with Gasteiger partial charge in [0.2, 0.25) is 0 Å². The van der Waals surface area contributed by atoms with Gasteiger partial charge in [0.15, 0.2) is 0 Å². The highest BCUT2D eigenvalue weighted by molar-refractivity contribution is 6.18. The van der Waals surface area contributed by atoms with E-state index in [0.29, 0.717) is 0 Å². The topological polar surface area (TPSA) is 16.4 Å². The number of benzene rings is 9. The van der Waals surface area contributed by atoms with Crippen LogP contribution in [0.1, 0.15) is 34.7 Å². The third-order valence-electron chi connectivity index (χ3n) is 13.4. The average Bonchev–Trinajstić information content (AvgIpc) is 3.99. The number of anilines is 3. The first-order valence-corrected chi connectivity index (χ1v) is 22.1. The second-order valence-corrected chi connectivity index (χ2v) is 16.7. The third kappa shape index (κ3) is 5.59. The Bertz CT molecular complexity index is 3450. The second-order valence-electron chi connectivity index (χ2n) is 16.7. The minimum atomic E-state index is -0.407. The van der Waals surface area contributed by atoms with Crippen molar-refractivity contribution in [1.29, 1.82) is 0 Å². The molecule has 0 saturated carbocycles. The molecular weight excluding hydrogens is 775 g/mol. The highest BCUT2D eigenvalue weighted by Gasteiger charge is 2.52. The molecule has 10 aromatic rings. The lowest BCUT2D eigenvalue weighted by molar-refractivity contribution is 0.669. The molecule has 0 saturated heterocycles. The van der Waals surface area contributed by atoms with Crippen LogP contribution < -0.4 is 4.90 Å². The maximum atomic E-state index is 6.97. The van der Waals surface area contributed by atoms with Crippen LogP contribution in [0.15, 0.2) is 242 Å². The summed E-state index contributed by atoms with van der Waals surface area (Å²) >= 11 is 0. The molecule has 0 fully saturated rings. The van der Waals surface area contributed by atoms with Crippen molar-refractivity contribution in [3.63, 3.8) is 0 Å². The zero-order valence-electron chi connectivity index (χ0n) is 35.5. The molecule has 0 radical (unpaired) electrons. The fourth-order valence-corrected chi connectivity index (χ4v) is 10.7. The monoisotopic (exact) mass is 817 g/mol. The Hall–Kier alpha value is -8.20. The van der Waals surface area contributed by atoms with E-state index in [4.69, 9.17) is 4.42 Å². The summed E-state index contributed by atoms with van der Waals surface area (Å²) in [5.74, 6) is 0. The first-order chi connectivity index (χ1) is 31.7. The van der Waals surface area contributed by atoms with E-state index in [1.165, 1.54) is 61.0 Å². The van der Waals surface area contributed by atoms with Gasteiger partial charge in [-0.15, -0.1) is 0 Å². The number of rotatable bonds is 8. The van der Waals surface area contributed by atoms with Gasteiger partial charge in [-0.1, -0.05) is 195 Å². The van der Waals surface area contributed by atoms with Gasteiger partial charge in [0.05, 0.1) is 5.41 Å². The summed E-state index contributed by atoms with van der Waals surface area (Å²) in [6.45, 7) is 5.98. The van der Waals surface area contributed by atoms with Crippen molar-refractivity contribution < 1.29 is 4.42 Å². The molecule has 0 aliphatic heterocycles. The van der Waals surface area contributed by atoms with Gasteiger partial charge in [-0.05, 0) is 122 Å². The molecule has 12 rings (SSSR count). The Labute approximate surface area is 374 Å². The number of allylic oxidation sites excluding steroid dienone is 5. The molecule has 302 valence electrons. The van der Waals surface area contributed by atoms with E-state index in [1.54, 1.807) is 0 Å². The van der Waals surface area contributed by atoms with Crippen molar-refractivity contribution in [3.05, 3.63) is 265 Å². The van der Waals surface area contributed by atoms with Gasteiger partial charge >= 0.3 is 0 Å². The summed E-state index contributed by atoms with van der Waals surface area (Å²) in [6.07, 6.45) is 8.07. The first-order valence-electron chi connectivity index (χ1n) is 22.1. The lowest BCUT2D eigenvalue weighted by atomic mass is 9.70. The smallest absolute Gasteiger partial charge is 0.143 e. The zero-order valence-corrected chi connectivity index (χ0v) is 35.5. The standard InChI is InChI=1S/C62H43NO/c1-3-15-41(16-4-2)43-27-33-46(34-28-43)63(47-35-29-44(30-36-47)42-17-6-5-7-18-42)48-37-31-45(32-38-48)49-22-14-23-53-60-58(64-61(49)53)40-39-57-59(60)52-21-10-13-26-56(52)62(57)54-24-11-8-19-50(54)51-20-9-12-25-55(51)62/h3-40H,1H2,2H3/b16-4-,41-15+. The number of hydrogen-bond donors (Lipinski definition) is 0. The van der Waals surface area contributed by atoms with Gasteiger partial charge in [0, 0.05) is 33.4 Å². The van der Waals surface area contributed by atoms with Crippen LogP contribution in [0.3, 0.4) is 0 Å². The fraction of sp³-hybridized carbons (Fsp3) is 0.0323. The highest BCUT2D eigenvalue weighted by atomic mass is 16.3. The number of nitrogens with zero attached hydrogens (tertiary/aromatic N) is 1.